The van der Waals surface area contributed by atoms with Gasteiger partial charge in [0.05, 0.1) is 0 Å². The predicted molar refractivity (Wildman–Crippen MR) is 47.1 cm³/mol. The molecule has 1 atom stereocenters. The number of ketones is 3. The van der Waals surface area contributed by atoms with Gasteiger partial charge in [-0.25, -0.2) is 0 Å². The fourth-order valence-corrected chi connectivity index (χ4v) is 1.28. The van der Waals surface area contributed by atoms with E-state index < -0.39 is 17.0 Å². The van der Waals surface area contributed by atoms with Crippen LogP contribution in [0.3, 0.4) is 0 Å². The first-order chi connectivity index (χ1) is 6.02. The zero-order valence-electron chi connectivity index (χ0n) is 7.37. The molecule has 0 heterocycles. The predicted octanol–water partition coefficient (Wildman–Crippen LogP) is 0.846. The van der Waals surface area contributed by atoms with Crippen molar-refractivity contribution in [1.29, 1.82) is 0 Å². The summed E-state index contributed by atoms with van der Waals surface area (Å²) in [7, 11) is 0. The molecule has 3 nitrogen and oxygen atoms in total. The Morgan fingerprint density at radius 1 is 1.38 bits per heavy atom. The average Bonchev–Trinajstić information content (AvgIpc) is 2.10. The van der Waals surface area contributed by atoms with Crippen LogP contribution in [0.1, 0.15) is 13.3 Å². The lowest BCUT2D eigenvalue weighted by Crippen LogP contribution is -2.42. The first kappa shape index (κ1) is 9.58. The molecule has 0 aliphatic heterocycles. The lowest BCUT2D eigenvalue weighted by molar-refractivity contribution is -0.145. The number of Topliss-reactive ketones (excluding diaryl/α,β-unsaturated/α-hetero) is 1. The van der Waals surface area contributed by atoms with Crippen molar-refractivity contribution in [2.75, 3.05) is 0 Å². The quantitative estimate of drug-likeness (QED) is 0.358. The second-order valence-electron chi connectivity index (χ2n) is 3.22. The molecule has 0 radical (unpaired) electrons. The van der Waals surface area contributed by atoms with Crippen LogP contribution in [0.4, 0.5) is 0 Å². The van der Waals surface area contributed by atoms with Gasteiger partial charge in [-0.1, -0.05) is 6.08 Å². The molecule has 0 fully saturated rings. The standard InChI is InChI=1S/C10H10O3/c1-3-6-10(2)8(12)5-4-7(11)9(10)13/h3-5H,1,6H2,2H3. The molecule has 3 heteroatoms. The molecule has 0 spiro atoms. The zero-order chi connectivity index (χ0) is 10.1. The molecule has 0 amide bonds. The van der Waals surface area contributed by atoms with Gasteiger partial charge in [0.15, 0.2) is 5.78 Å². The van der Waals surface area contributed by atoms with Crippen LogP contribution >= 0.6 is 0 Å². The lowest BCUT2D eigenvalue weighted by Gasteiger charge is -2.24. The van der Waals surface area contributed by atoms with Crippen LogP contribution < -0.4 is 0 Å². The third-order valence-corrected chi connectivity index (χ3v) is 2.21. The summed E-state index contributed by atoms with van der Waals surface area (Å²) in [6, 6.07) is 0. The topological polar surface area (TPSA) is 51.2 Å². The Bertz CT molecular complexity index is 325. The highest BCUT2D eigenvalue weighted by molar-refractivity contribution is 6.49. The minimum atomic E-state index is -1.21. The Morgan fingerprint density at radius 3 is 2.54 bits per heavy atom. The summed E-state index contributed by atoms with van der Waals surface area (Å²) in [5.41, 5.74) is -1.21. The summed E-state index contributed by atoms with van der Waals surface area (Å²) in [5.74, 6) is -1.57. The molecule has 1 rings (SSSR count). The van der Waals surface area contributed by atoms with Crippen LogP contribution in [-0.2, 0) is 14.4 Å². The van der Waals surface area contributed by atoms with E-state index in [1.54, 1.807) is 0 Å². The van der Waals surface area contributed by atoms with E-state index in [0.717, 1.165) is 12.2 Å². The first-order valence-corrected chi connectivity index (χ1v) is 3.94. The number of carbonyl (C=O) groups is 3. The molecule has 13 heavy (non-hydrogen) atoms. The highest BCUT2D eigenvalue weighted by Gasteiger charge is 2.43. The zero-order valence-corrected chi connectivity index (χ0v) is 7.37. The highest BCUT2D eigenvalue weighted by Crippen LogP contribution is 2.28. The minimum absolute atomic E-state index is 0.209. The van der Waals surface area contributed by atoms with Crippen LogP contribution in [0.5, 0.6) is 0 Å². The molecule has 0 saturated heterocycles. The normalized spacial score (nSPS) is 27.9. The summed E-state index contributed by atoms with van der Waals surface area (Å²) in [6.07, 6.45) is 3.87. The van der Waals surface area contributed by atoms with Gasteiger partial charge in [-0.15, -0.1) is 6.58 Å². The molecule has 0 aromatic carbocycles. The molecule has 0 aromatic heterocycles. The number of hydrogen-bond acceptors (Lipinski definition) is 3. The summed E-state index contributed by atoms with van der Waals surface area (Å²) in [5, 5.41) is 0. The van der Waals surface area contributed by atoms with Crippen molar-refractivity contribution in [2.45, 2.75) is 13.3 Å². The Labute approximate surface area is 76.1 Å². The fourth-order valence-electron chi connectivity index (χ4n) is 1.28. The maximum Gasteiger partial charge on any atom is 0.222 e. The van der Waals surface area contributed by atoms with Gasteiger partial charge in [-0.2, -0.15) is 0 Å². The molecule has 0 saturated carbocycles. The monoisotopic (exact) mass is 178 g/mol. The van der Waals surface area contributed by atoms with E-state index >= 15 is 0 Å². The third-order valence-electron chi connectivity index (χ3n) is 2.21. The van der Waals surface area contributed by atoms with E-state index in [4.69, 9.17) is 0 Å². The molecule has 68 valence electrons. The van der Waals surface area contributed by atoms with Gasteiger partial charge in [0.1, 0.15) is 5.41 Å². The number of hydrogen-bond donors (Lipinski definition) is 0. The van der Waals surface area contributed by atoms with Crippen molar-refractivity contribution in [3.8, 4) is 0 Å². The maximum absolute atomic E-state index is 11.4. The smallest absolute Gasteiger partial charge is 0.222 e. The minimum Gasteiger partial charge on any atom is -0.294 e. The van der Waals surface area contributed by atoms with Gasteiger partial charge in [-0.05, 0) is 25.5 Å². The van der Waals surface area contributed by atoms with E-state index in [1.165, 1.54) is 13.0 Å². The van der Waals surface area contributed by atoms with Crippen LogP contribution in [0, 0.1) is 5.41 Å². The Balaban J connectivity index is 3.14. The van der Waals surface area contributed by atoms with Crippen molar-refractivity contribution in [1.82, 2.24) is 0 Å². The molecule has 0 aromatic rings. The highest BCUT2D eigenvalue weighted by atomic mass is 16.2. The van der Waals surface area contributed by atoms with Gasteiger partial charge in [-0.3, -0.25) is 14.4 Å². The van der Waals surface area contributed by atoms with Crippen molar-refractivity contribution in [2.24, 2.45) is 5.41 Å². The summed E-state index contributed by atoms with van der Waals surface area (Å²) >= 11 is 0. The van der Waals surface area contributed by atoms with Gasteiger partial charge in [0, 0.05) is 0 Å². The van der Waals surface area contributed by atoms with Gasteiger partial charge >= 0.3 is 0 Å². The molecular weight excluding hydrogens is 168 g/mol. The third kappa shape index (κ3) is 1.37. The SMILES string of the molecule is C=CCC1(C)C(=O)C=CC(=O)C1=O. The van der Waals surface area contributed by atoms with E-state index in [0.29, 0.717) is 0 Å². The molecule has 1 aliphatic carbocycles. The summed E-state index contributed by atoms with van der Waals surface area (Å²) in [4.78, 5) is 33.7. The average molecular weight is 178 g/mol. The van der Waals surface area contributed by atoms with E-state index in [1.807, 2.05) is 0 Å². The molecule has 1 aliphatic rings. The Hall–Kier alpha value is -1.51. The summed E-state index contributed by atoms with van der Waals surface area (Å²) < 4.78 is 0. The lowest BCUT2D eigenvalue weighted by atomic mass is 9.74. The summed E-state index contributed by atoms with van der Waals surface area (Å²) in [6.45, 7) is 4.93. The van der Waals surface area contributed by atoms with Gasteiger partial charge in [0.25, 0.3) is 0 Å². The van der Waals surface area contributed by atoms with Crippen molar-refractivity contribution in [3.05, 3.63) is 24.8 Å². The van der Waals surface area contributed by atoms with Crippen LogP contribution in [0.15, 0.2) is 24.8 Å². The van der Waals surface area contributed by atoms with Crippen LogP contribution in [0.2, 0.25) is 0 Å². The number of allylic oxidation sites excluding steroid dienone is 3. The van der Waals surface area contributed by atoms with Crippen LogP contribution in [-0.4, -0.2) is 17.3 Å². The maximum atomic E-state index is 11.4. The molecule has 0 bridgehead atoms. The van der Waals surface area contributed by atoms with E-state index in [2.05, 4.69) is 6.58 Å². The van der Waals surface area contributed by atoms with E-state index in [9.17, 15) is 14.4 Å². The second-order valence-corrected chi connectivity index (χ2v) is 3.22. The fraction of sp³-hybridized carbons (Fsp3) is 0.300. The Kier molecular flexibility index (Phi) is 2.28. The van der Waals surface area contributed by atoms with Crippen molar-refractivity contribution in [3.63, 3.8) is 0 Å². The number of rotatable bonds is 2. The first-order valence-electron chi connectivity index (χ1n) is 3.94. The van der Waals surface area contributed by atoms with Gasteiger partial charge < -0.3 is 0 Å². The number of carbonyl (C=O) groups excluding carboxylic acids is 3. The largest absolute Gasteiger partial charge is 0.294 e. The van der Waals surface area contributed by atoms with Crippen molar-refractivity contribution < 1.29 is 14.4 Å². The van der Waals surface area contributed by atoms with Crippen LogP contribution in [0.25, 0.3) is 0 Å². The van der Waals surface area contributed by atoms with E-state index in [-0.39, 0.29) is 12.2 Å². The second kappa shape index (κ2) is 3.09. The molecule has 1 unspecified atom stereocenters. The van der Waals surface area contributed by atoms with Crippen molar-refractivity contribution >= 4 is 17.3 Å². The molecular formula is C10H10O3. The Morgan fingerprint density at radius 2 is 2.00 bits per heavy atom. The molecule has 0 N–H and O–H groups in total. The van der Waals surface area contributed by atoms with Gasteiger partial charge in [0.2, 0.25) is 11.6 Å².